The second kappa shape index (κ2) is 17.6. The molecule has 0 radical (unpaired) electrons. The normalized spacial score (nSPS) is 14.5. The Bertz CT molecular complexity index is 620. The number of hydrogen-bond acceptors (Lipinski definition) is 11. The Morgan fingerprint density at radius 2 is 1.25 bits per heavy atom. The van der Waals surface area contributed by atoms with Gasteiger partial charge in [-0.25, -0.2) is 0 Å². The molecule has 0 aromatic rings. The summed E-state index contributed by atoms with van der Waals surface area (Å²) in [5.41, 5.74) is 0. The minimum Gasteiger partial charge on any atom is -0.790 e. The Morgan fingerprint density at radius 1 is 0.750 bits per heavy atom. The number of carbonyl (C=O) groups is 2. The van der Waals surface area contributed by atoms with Crippen LogP contribution in [0.5, 0.6) is 0 Å². The second-order valence-electron chi connectivity index (χ2n) is 7.40. The molecule has 0 heterocycles. The summed E-state index contributed by atoms with van der Waals surface area (Å²) >= 11 is 0. The first kappa shape index (κ1) is 31.2. The van der Waals surface area contributed by atoms with Crippen LogP contribution in [0.1, 0.15) is 90.9 Å². The molecule has 0 aromatic carbocycles. The third kappa shape index (κ3) is 19.9. The van der Waals surface area contributed by atoms with Crippen LogP contribution in [0.3, 0.4) is 0 Å². The highest BCUT2D eigenvalue weighted by atomic mass is 31.3. The van der Waals surface area contributed by atoms with E-state index in [0.29, 0.717) is 12.8 Å². The zero-order valence-electron chi connectivity index (χ0n) is 18.9. The van der Waals surface area contributed by atoms with Crippen LogP contribution in [0.25, 0.3) is 0 Å². The molecule has 2 atom stereocenters. The van der Waals surface area contributed by atoms with Gasteiger partial charge in [-0.2, -0.15) is 0 Å². The Hall–Kier alpha value is -0.800. The molecule has 0 aliphatic carbocycles. The molecule has 0 rings (SSSR count). The molecule has 190 valence electrons. The van der Waals surface area contributed by atoms with Crippen molar-refractivity contribution in [2.75, 3.05) is 13.2 Å². The lowest BCUT2D eigenvalue weighted by Crippen LogP contribution is -2.30. The molecule has 0 N–H and O–H groups in total. The van der Waals surface area contributed by atoms with E-state index in [0.717, 1.165) is 51.4 Å². The smallest absolute Gasteiger partial charge is 0.306 e. The average molecular weight is 501 g/mol. The minimum absolute atomic E-state index is 0.0768. The van der Waals surface area contributed by atoms with Gasteiger partial charge in [0.25, 0.3) is 7.82 Å². The van der Waals surface area contributed by atoms with Crippen molar-refractivity contribution < 1.29 is 51.7 Å². The number of rotatable bonds is 20. The first-order valence-electron chi connectivity index (χ1n) is 11.0. The van der Waals surface area contributed by atoms with Crippen LogP contribution in [-0.4, -0.2) is 31.3 Å². The molecular weight excluding hydrogens is 466 g/mol. The highest BCUT2D eigenvalue weighted by molar-refractivity contribution is 7.58. The van der Waals surface area contributed by atoms with E-state index in [2.05, 4.69) is 22.7 Å². The zero-order valence-corrected chi connectivity index (χ0v) is 20.7. The first-order chi connectivity index (χ1) is 15.0. The summed E-state index contributed by atoms with van der Waals surface area (Å²) in [5.74, 6) is -1.20. The molecule has 0 aliphatic rings. The lowest BCUT2D eigenvalue weighted by molar-refractivity contribution is -0.339. The topological polar surface area (TPSA) is 174 Å². The van der Waals surface area contributed by atoms with E-state index in [4.69, 9.17) is 9.47 Å². The number of phosphoric acid groups is 2. The van der Waals surface area contributed by atoms with Crippen molar-refractivity contribution in [3.05, 3.63) is 0 Å². The average Bonchev–Trinajstić information content (AvgIpc) is 2.68. The van der Waals surface area contributed by atoms with E-state index < -0.39 is 46.9 Å². The molecule has 0 fully saturated rings. The molecule has 32 heavy (non-hydrogen) atoms. The molecule has 0 saturated carbocycles. The maximum Gasteiger partial charge on any atom is 0.306 e. The van der Waals surface area contributed by atoms with Crippen LogP contribution in [0, 0.1) is 0 Å². The van der Waals surface area contributed by atoms with Gasteiger partial charge in [-0.3, -0.25) is 18.5 Å². The Balaban J connectivity index is 4.64. The van der Waals surface area contributed by atoms with Gasteiger partial charge in [-0.1, -0.05) is 65.2 Å². The van der Waals surface area contributed by atoms with E-state index in [-0.39, 0.29) is 12.8 Å². The van der Waals surface area contributed by atoms with Gasteiger partial charge in [0.2, 0.25) is 0 Å². The van der Waals surface area contributed by atoms with E-state index in [1.807, 2.05) is 0 Å². The third-order valence-corrected chi connectivity index (χ3v) is 6.38. The fourth-order valence-corrected chi connectivity index (χ4v) is 4.20. The lowest BCUT2D eigenvalue weighted by atomic mass is 10.1. The quantitative estimate of drug-likeness (QED) is 0.136. The highest BCUT2D eigenvalue weighted by Crippen LogP contribution is 2.50. The molecule has 0 bridgehead atoms. The van der Waals surface area contributed by atoms with Crippen LogP contribution in [0.4, 0.5) is 0 Å². The van der Waals surface area contributed by atoms with Crippen molar-refractivity contribution in [2.45, 2.75) is 97.0 Å². The van der Waals surface area contributed by atoms with Crippen molar-refractivity contribution in [3.63, 3.8) is 0 Å². The van der Waals surface area contributed by atoms with Gasteiger partial charge in [0, 0.05) is 12.8 Å². The Kier molecular flexibility index (Phi) is 17.2. The van der Waals surface area contributed by atoms with Crippen LogP contribution >= 0.6 is 15.6 Å². The zero-order chi connectivity index (χ0) is 24.5. The highest BCUT2D eigenvalue weighted by Gasteiger charge is 2.21. The summed E-state index contributed by atoms with van der Waals surface area (Å²) in [6.07, 6.45) is 7.99. The van der Waals surface area contributed by atoms with Crippen molar-refractivity contribution in [1.29, 1.82) is 0 Å². The second-order valence-corrected chi connectivity index (χ2v) is 10.1. The van der Waals surface area contributed by atoms with Crippen LogP contribution in [0.15, 0.2) is 0 Å². The monoisotopic (exact) mass is 501 g/mol. The molecule has 13 heteroatoms. The van der Waals surface area contributed by atoms with Crippen LogP contribution in [-0.2, 0) is 37.0 Å². The molecule has 0 aliphatic heterocycles. The van der Waals surface area contributed by atoms with Crippen molar-refractivity contribution >= 4 is 27.6 Å². The molecule has 0 aromatic heterocycles. The van der Waals surface area contributed by atoms with Gasteiger partial charge in [0.1, 0.15) is 6.61 Å². The molecule has 0 spiro atoms. The number of ether oxygens (including phenoxy) is 2. The summed E-state index contributed by atoms with van der Waals surface area (Å²) in [4.78, 5) is 56.3. The molecule has 0 amide bonds. The summed E-state index contributed by atoms with van der Waals surface area (Å²) in [7, 11) is -11.3. The fraction of sp³-hybridized carbons (Fsp3) is 0.895. The van der Waals surface area contributed by atoms with Gasteiger partial charge in [0.05, 0.1) is 14.4 Å². The van der Waals surface area contributed by atoms with Gasteiger partial charge in [-0.05, 0) is 12.8 Å². The van der Waals surface area contributed by atoms with Gasteiger partial charge in [-0.15, -0.1) is 0 Å². The van der Waals surface area contributed by atoms with Crippen molar-refractivity contribution in [3.8, 4) is 0 Å². The standard InChI is InChI=1S/C19H38O11P2/c1-3-5-7-9-11-13-18(20)27-15-17(16-28-32(25,26)30-31(22,23)24)29-19(21)14-12-10-8-6-4-2/h17H,3-16H2,1-2H3,(H,25,26)(H2,22,23,24)/p-3/t17-/m1/s1. The van der Waals surface area contributed by atoms with Crippen molar-refractivity contribution in [2.24, 2.45) is 0 Å². The number of hydrogen-bond donors (Lipinski definition) is 0. The van der Waals surface area contributed by atoms with Crippen molar-refractivity contribution in [1.82, 2.24) is 0 Å². The summed E-state index contributed by atoms with van der Waals surface area (Å²) in [6.45, 7) is 2.78. The van der Waals surface area contributed by atoms with Gasteiger partial charge >= 0.3 is 11.9 Å². The molecular formula is C19H35O11P2-3. The fourth-order valence-electron chi connectivity index (χ4n) is 2.69. The van der Waals surface area contributed by atoms with Crippen LogP contribution in [0.2, 0.25) is 0 Å². The number of esters is 2. The number of unbranched alkanes of at least 4 members (excludes halogenated alkanes) is 8. The molecule has 11 nitrogen and oxygen atoms in total. The van der Waals surface area contributed by atoms with E-state index in [1.165, 1.54) is 0 Å². The third-order valence-electron chi connectivity index (χ3n) is 4.32. The van der Waals surface area contributed by atoms with Gasteiger partial charge < -0.3 is 33.2 Å². The maximum atomic E-state index is 12.0. The predicted octanol–water partition coefficient (Wildman–Crippen LogP) is 2.49. The first-order valence-corrected chi connectivity index (χ1v) is 13.9. The lowest BCUT2D eigenvalue weighted by Gasteiger charge is -2.35. The molecule has 0 saturated heterocycles. The van der Waals surface area contributed by atoms with E-state index in [1.54, 1.807) is 0 Å². The van der Waals surface area contributed by atoms with Crippen LogP contribution < -0.4 is 14.7 Å². The van der Waals surface area contributed by atoms with Gasteiger partial charge in [0.15, 0.2) is 6.10 Å². The predicted molar refractivity (Wildman–Crippen MR) is 110 cm³/mol. The summed E-state index contributed by atoms with van der Waals surface area (Å²) < 4.78 is 39.7. The number of carbonyl (C=O) groups excluding carboxylic acids is 2. The maximum absolute atomic E-state index is 12.0. The van der Waals surface area contributed by atoms with E-state index >= 15 is 0 Å². The van der Waals surface area contributed by atoms with E-state index in [9.17, 15) is 33.4 Å². The summed E-state index contributed by atoms with van der Waals surface area (Å²) in [6, 6.07) is 0. The largest absolute Gasteiger partial charge is 0.790 e. The Labute approximate surface area is 190 Å². The SMILES string of the molecule is CCCCCCCC(=O)OC[C@H](COP(=O)([O-])OP(=O)([O-])[O-])OC(=O)CCCCCCC. The molecule has 1 unspecified atom stereocenters. The Morgan fingerprint density at radius 3 is 1.75 bits per heavy atom. The number of phosphoric ester groups is 1. The minimum atomic E-state index is -5.84. The summed E-state index contributed by atoms with van der Waals surface area (Å²) in [5, 5.41) is 0.